The van der Waals surface area contributed by atoms with Crippen LogP contribution in [-0.4, -0.2) is 44.3 Å². The lowest BCUT2D eigenvalue weighted by Gasteiger charge is -2.29. The highest BCUT2D eigenvalue weighted by Gasteiger charge is 2.14. The van der Waals surface area contributed by atoms with Crippen LogP contribution in [0.1, 0.15) is 30.6 Å². The molecule has 0 aliphatic heterocycles. The average Bonchev–Trinajstić information content (AvgIpc) is 2.43. The number of sulfone groups is 1. The van der Waals surface area contributed by atoms with E-state index < -0.39 is 15.7 Å². The molecule has 0 fully saturated rings. The quantitative estimate of drug-likeness (QED) is 0.694. The van der Waals surface area contributed by atoms with E-state index in [-0.39, 0.29) is 23.4 Å². The Morgan fingerprint density at radius 2 is 1.82 bits per heavy atom. The molecule has 0 spiro atoms. The van der Waals surface area contributed by atoms with Gasteiger partial charge in [-0.15, -0.1) is 11.6 Å². The second-order valence-corrected chi connectivity index (χ2v) is 8.07. The van der Waals surface area contributed by atoms with Gasteiger partial charge in [-0.05, 0) is 44.5 Å². The summed E-state index contributed by atoms with van der Waals surface area (Å²) in [5, 5.41) is 0. The molecule has 5 nitrogen and oxygen atoms in total. The van der Waals surface area contributed by atoms with Crippen LogP contribution in [0, 0.1) is 0 Å². The lowest BCUT2D eigenvalue weighted by Crippen LogP contribution is -2.33. The molecule has 1 rings (SSSR count). The maximum Gasteiger partial charge on any atom is 0.248 e. The zero-order valence-electron chi connectivity index (χ0n) is 13.0. The normalized spacial score (nSPS) is 11.6. The van der Waals surface area contributed by atoms with Crippen molar-refractivity contribution in [2.45, 2.75) is 26.3 Å². The van der Waals surface area contributed by atoms with Crippen molar-refractivity contribution in [1.29, 1.82) is 0 Å². The number of rotatable bonds is 9. The standard InChI is InChI=1S/C15H23ClN2O3S/c1-12(2)18(9-3-10-22(20,21)11-8-16)14-6-4-13(5-7-14)15(17)19/h4-7,12H,3,8-11H2,1-2H3,(H2,17,19). The van der Waals surface area contributed by atoms with Crippen molar-refractivity contribution in [1.82, 2.24) is 0 Å². The van der Waals surface area contributed by atoms with E-state index in [1.165, 1.54) is 0 Å². The summed E-state index contributed by atoms with van der Waals surface area (Å²) < 4.78 is 23.4. The summed E-state index contributed by atoms with van der Waals surface area (Å²) in [5.41, 5.74) is 6.62. The second-order valence-electron chi connectivity index (χ2n) is 5.39. The SMILES string of the molecule is CC(C)N(CCCS(=O)(=O)CCCl)c1ccc(C(N)=O)cc1. The van der Waals surface area contributed by atoms with Crippen molar-refractivity contribution >= 4 is 33.0 Å². The molecule has 2 N–H and O–H groups in total. The number of hydrogen-bond donors (Lipinski definition) is 1. The van der Waals surface area contributed by atoms with Gasteiger partial charge in [-0.3, -0.25) is 4.79 Å². The highest BCUT2D eigenvalue weighted by atomic mass is 35.5. The second kappa shape index (κ2) is 8.39. The molecule has 0 saturated heterocycles. The Labute approximate surface area is 137 Å². The number of nitrogens with zero attached hydrogens (tertiary/aromatic N) is 1. The molecule has 0 aliphatic carbocycles. The van der Waals surface area contributed by atoms with Crippen molar-refractivity contribution in [3.05, 3.63) is 29.8 Å². The largest absolute Gasteiger partial charge is 0.369 e. The van der Waals surface area contributed by atoms with Crippen LogP contribution in [0.2, 0.25) is 0 Å². The minimum atomic E-state index is -3.07. The molecule has 22 heavy (non-hydrogen) atoms. The molecule has 0 heterocycles. The van der Waals surface area contributed by atoms with Crippen LogP contribution in [0.3, 0.4) is 0 Å². The number of amides is 1. The number of anilines is 1. The van der Waals surface area contributed by atoms with Gasteiger partial charge in [0.1, 0.15) is 0 Å². The Morgan fingerprint density at radius 1 is 1.23 bits per heavy atom. The monoisotopic (exact) mass is 346 g/mol. The lowest BCUT2D eigenvalue weighted by atomic mass is 10.1. The van der Waals surface area contributed by atoms with E-state index in [9.17, 15) is 13.2 Å². The average molecular weight is 347 g/mol. The first-order chi connectivity index (χ1) is 10.3. The number of carbonyl (C=O) groups excluding carboxylic acids is 1. The topological polar surface area (TPSA) is 80.5 Å². The van der Waals surface area contributed by atoms with Gasteiger partial charge in [0, 0.05) is 29.7 Å². The third kappa shape index (κ3) is 5.85. The molecule has 7 heteroatoms. The van der Waals surface area contributed by atoms with Gasteiger partial charge >= 0.3 is 0 Å². The van der Waals surface area contributed by atoms with Crippen LogP contribution in [0.25, 0.3) is 0 Å². The molecule has 1 aromatic carbocycles. The van der Waals surface area contributed by atoms with Crippen LogP contribution in [-0.2, 0) is 9.84 Å². The fourth-order valence-corrected chi connectivity index (χ4v) is 3.89. The minimum absolute atomic E-state index is 0.0174. The summed E-state index contributed by atoms with van der Waals surface area (Å²) in [4.78, 5) is 13.2. The first kappa shape index (κ1) is 18.8. The maximum absolute atomic E-state index is 11.7. The Hall–Kier alpha value is -1.27. The molecule has 0 radical (unpaired) electrons. The van der Waals surface area contributed by atoms with Crippen LogP contribution < -0.4 is 10.6 Å². The van der Waals surface area contributed by atoms with E-state index >= 15 is 0 Å². The molecule has 1 aromatic rings. The zero-order chi connectivity index (χ0) is 16.8. The number of alkyl halides is 1. The highest BCUT2D eigenvalue weighted by Crippen LogP contribution is 2.18. The zero-order valence-corrected chi connectivity index (χ0v) is 14.5. The molecule has 0 bridgehead atoms. The van der Waals surface area contributed by atoms with E-state index in [1.807, 2.05) is 26.0 Å². The van der Waals surface area contributed by atoms with Gasteiger partial charge in [0.25, 0.3) is 0 Å². The Balaban J connectivity index is 2.72. The van der Waals surface area contributed by atoms with E-state index in [0.717, 1.165) is 5.69 Å². The van der Waals surface area contributed by atoms with E-state index in [4.69, 9.17) is 17.3 Å². The number of carbonyl (C=O) groups is 1. The molecule has 0 saturated carbocycles. The molecule has 0 atom stereocenters. The summed E-state index contributed by atoms with van der Waals surface area (Å²) in [7, 11) is -3.07. The molecular formula is C15H23ClN2O3S. The Bertz CT molecular complexity index is 585. The van der Waals surface area contributed by atoms with Crippen LogP contribution in [0.15, 0.2) is 24.3 Å². The number of primary amides is 1. The van der Waals surface area contributed by atoms with Gasteiger partial charge in [-0.1, -0.05) is 0 Å². The summed E-state index contributed by atoms with van der Waals surface area (Å²) in [6.07, 6.45) is 0.537. The lowest BCUT2D eigenvalue weighted by molar-refractivity contribution is 0.100. The number of benzene rings is 1. The minimum Gasteiger partial charge on any atom is -0.369 e. The first-order valence-corrected chi connectivity index (χ1v) is 9.55. The molecule has 0 aromatic heterocycles. The van der Waals surface area contributed by atoms with Gasteiger partial charge in [0.2, 0.25) is 5.91 Å². The summed E-state index contributed by atoms with van der Waals surface area (Å²) in [6, 6.07) is 7.23. The van der Waals surface area contributed by atoms with Gasteiger partial charge in [-0.25, -0.2) is 8.42 Å². The van der Waals surface area contributed by atoms with Crippen molar-refractivity contribution in [3.63, 3.8) is 0 Å². The van der Waals surface area contributed by atoms with Crippen molar-refractivity contribution < 1.29 is 13.2 Å². The number of halogens is 1. The Morgan fingerprint density at radius 3 is 2.27 bits per heavy atom. The highest BCUT2D eigenvalue weighted by molar-refractivity contribution is 7.91. The van der Waals surface area contributed by atoms with Gasteiger partial charge in [-0.2, -0.15) is 0 Å². The Kier molecular flexibility index (Phi) is 7.16. The third-order valence-electron chi connectivity index (χ3n) is 3.35. The van der Waals surface area contributed by atoms with Crippen LogP contribution in [0.5, 0.6) is 0 Å². The van der Waals surface area contributed by atoms with Gasteiger partial charge < -0.3 is 10.6 Å². The van der Waals surface area contributed by atoms with E-state index in [1.54, 1.807) is 12.1 Å². The third-order valence-corrected chi connectivity index (χ3v) is 5.50. The van der Waals surface area contributed by atoms with Crippen LogP contribution >= 0.6 is 11.6 Å². The summed E-state index contributed by atoms with van der Waals surface area (Å²) in [6.45, 7) is 4.69. The molecule has 124 valence electrons. The summed E-state index contributed by atoms with van der Waals surface area (Å²) >= 11 is 5.49. The first-order valence-electron chi connectivity index (χ1n) is 7.19. The van der Waals surface area contributed by atoms with Gasteiger partial charge in [0.15, 0.2) is 9.84 Å². The fourth-order valence-electron chi connectivity index (χ4n) is 2.18. The van der Waals surface area contributed by atoms with Crippen molar-refractivity contribution in [2.24, 2.45) is 5.73 Å². The molecule has 0 unspecified atom stereocenters. The van der Waals surface area contributed by atoms with Crippen LogP contribution in [0.4, 0.5) is 5.69 Å². The molecular weight excluding hydrogens is 324 g/mol. The smallest absolute Gasteiger partial charge is 0.248 e. The maximum atomic E-state index is 11.7. The van der Waals surface area contributed by atoms with Crippen molar-refractivity contribution in [3.8, 4) is 0 Å². The van der Waals surface area contributed by atoms with Gasteiger partial charge in [0.05, 0.1) is 11.5 Å². The van der Waals surface area contributed by atoms with E-state index in [0.29, 0.717) is 18.5 Å². The number of hydrogen-bond acceptors (Lipinski definition) is 4. The molecule has 0 aliphatic rings. The molecule has 1 amide bonds. The van der Waals surface area contributed by atoms with Crippen molar-refractivity contribution in [2.75, 3.05) is 28.8 Å². The predicted octanol–water partition coefficient (Wildman–Crippen LogP) is 2.04. The predicted molar refractivity (Wildman–Crippen MR) is 91.4 cm³/mol. The fraction of sp³-hybridized carbons (Fsp3) is 0.533. The van der Waals surface area contributed by atoms with E-state index in [2.05, 4.69) is 4.90 Å². The summed E-state index contributed by atoms with van der Waals surface area (Å²) in [5.74, 6) is -0.189. The number of nitrogens with two attached hydrogens (primary N) is 1.